The maximum absolute atomic E-state index is 11.4. The van der Waals surface area contributed by atoms with Crippen molar-refractivity contribution >= 4 is 15.7 Å². The normalized spacial score (nSPS) is 21.3. The molecule has 0 spiro atoms. The number of nitrogens with zero attached hydrogens (tertiary/aromatic N) is 3. The molecule has 0 aliphatic carbocycles. The van der Waals surface area contributed by atoms with Crippen molar-refractivity contribution in [2.24, 2.45) is 13.0 Å². The molecular weight excluding hydrogens is 276 g/mol. The van der Waals surface area contributed by atoms with Crippen LogP contribution >= 0.6 is 0 Å². The lowest BCUT2D eigenvalue weighted by Gasteiger charge is -2.16. The Morgan fingerprint density at radius 1 is 1.45 bits per heavy atom. The molecule has 20 heavy (non-hydrogen) atoms. The van der Waals surface area contributed by atoms with Crippen molar-refractivity contribution in [2.45, 2.75) is 19.9 Å². The molecule has 6 nitrogen and oxygen atoms in total. The SMILES string of the molecule is Cc1nn(C)c(N(C)C)c1CNC[C@H]1CCS(=O)(=O)C1. The summed E-state index contributed by atoms with van der Waals surface area (Å²) in [5.74, 6) is 2.01. The first-order valence-corrected chi connectivity index (χ1v) is 8.73. The highest BCUT2D eigenvalue weighted by Crippen LogP contribution is 2.22. The van der Waals surface area contributed by atoms with E-state index in [4.69, 9.17) is 0 Å². The molecule has 1 aromatic rings. The zero-order valence-electron chi connectivity index (χ0n) is 12.7. The number of sulfone groups is 1. The van der Waals surface area contributed by atoms with Gasteiger partial charge in [0.2, 0.25) is 0 Å². The van der Waals surface area contributed by atoms with E-state index in [1.54, 1.807) is 0 Å². The van der Waals surface area contributed by atoms with Crippen LogP contribution in [0.15, 0.2) is 0 Å². The second kappa shape index (κ2) is 5.73. The number of hydrogen-bond donors (Lipinski definition) is 1. The van der Waals surface area contributed by atoms with Crippen molar-refractivity contribution in [2.75, 3.05) is 37.0 Å². The summed E-state index contributed by atoms with van der Waals surface area (Å²) in [6.07, 6.45) is 0.780. The van der Waals surface area contributed by atoms with Crippen LogP contribution in [0.25, 0.3) is 0 Å². The third kappa shape index (κ3) is 3.32. The number of rotatable bonds is 5. The van der Waals surface area contributed by atoms with E-state index in [0.29, 0.717) is 11.5 Å². The highest BCUT2D eigenvalue weighted by molar-refractivity contribution is 7.91. The van der Waals surface area contributed by atoms with E-state index in [2.05, 4.69) is 15.3 Å². The molecule has 0 bridgehead atoms. The zero-order valence-corrected chi connectivity index (χ0v) is 13.5. The summed E-state index contributed by atoms with van der Waals surface area (Å²) in [5.41, 5.74) is 2.20. The topological polar surface area (TPSA) is 67.2 Å². The van der Waals surface area contributed by atoms with E-state index >= 15 is 0 Å². The van der Waals surface area contributed by atoms with Gasteiger partial charge >= 0.3 is 0 Å². The lowest BCUT2D eigenvalue weighted by Crippen LogP contribution is -2.24. The molecule has 1 N–H and O–H groups in total. The van der Waals surface area contributed by atoms with Gasteiger partial charge in [0.05, 0.1) is 17.2 Å². The van der Waals surface area contributed by atoms with Gasteiger partial charge in [-0.2, -0.15) is 5.10 Å². The average Bonchev–Trinajstić information content (AvgIpc) is 2.79. The molecule has 1 aliphatic heterocycles. The van der Waals surface area contributed by atoms with Gasteiger partial charge in [-0.05, 0) is 25.8 Å². The first-order valence-electron chi connectivity index (χ1n) is 6.91. The van der Waals surface area contributed by atoms with Gasteiger partial charge in [-0.15, -0.1) is 0 Å². The quantitative estimate of drug-likeness (QED) is 0.848. The number of aryl methyl sites for hydroxylation is 2. The largest absolute Gasteiger partial charge is 0.363 e. The van der Waals surface area contributed by atoms with Crippen LogP contribution in [0.3, 0.4) is 0 Å². The Morgan fingerprint density at radius 2 is 2.15 bits per heavy atom. The molecule has 1 saturated heterocycles. The predicted octanol–water partition coefficient (Wildman–Crippen LogP) is 0.319. The van der Waals surface area contributed by atoms with Gasteiger partial charge in [0.15, 0.2) is 9.84 Å². The zero-order chi connectivity index (χ0) is 14.9. The van der Waals surface area contributed by atoms with Gasteiger partial charge in [-0.3, -0.25) is 4.68 Å². The number of anilines is 1. The predicted molar refractivity (Wildman–Crippen MR) is 80.7 cm³/mol. The van der Waals surface area contributed by atoms with Crippen molar-refractivity contribution in [3.8, 4) is 0 Å². The summed E-state index contributed by atoms with van der Waals surface area (Å²) in [4.78, 5) is 2.05. The summed E-state index contributed by atoms with van der Waals surface area (Å²) in [6, 6.07) is 0. The third-order valence-electron chi connectivity index (χ3n) is 3.80. The van der Waals surface area contributed by atoms with E-state index in [0.717, 1.165) is 31.0 Å². The fourth-order valence-electron chi connectivity index (χ4n) is 2.89. The molecular formula is C13H24N4O2S. The molecule has 7 heteroatoms. The molecule has 1 atom stereocenters. The Kier molecular flexibility index (Phi) is 4.39. The second-order valence-corrected chi connectivity index (χ2v) is 8.03. The second-order valence-electron chi connectivity index (χ2n) is 5.81. The fourth-order valence-corrected chi connectivity index (χ4v) is 4.75. The third-order valence-corrected chi connectivity index (χ3v) is 5.64. The summed E-state index contributed by atoms with van der Waals surface area (Å²) in [5, 5.41) is 7.83. The highest BCUT2D eigenvalue weighted by Gasteiger charge is 2.27. The van der Waals surface area contributed by atoms with Crippen molar-refractivity contribution in [1.29, 1.82) is 0 Å². The van der Waals surface area contributed by atoms with Crippen molar-refractivity contribution in [3.05, 3.63) is 11.3 Å². The Balaban J connectivity index is 1.95. The standard InChI is InChI=1S/C13H24N4O2S/c1-10-12(13(16(2)3)17(4)15-10)8-14-7-11-5-6-20(18,19)9-11/h11,14H,5-9H2,1-4H3/t11-/m1/s1. The van der Waals surface area contributed by atoms with Gasteiger partial charge < -0.3 is 10.2 Å². The Labute approximate surface area is 121 Å². The van der Waals surface area contributed by atoms with Crippen molar-refractivity contribution in [3.63, 3.8) is 0 Å². The molecule has 0 aromatic carbocycles. The van der Waals surface area contributed by atoms with Crippen LogP contribution in [0.5, 0.6) is 0 Å². The number of nitrogens with one attached hydrogen (secondary N) is 1. The van der Waals surface area contributed by atoms with E-state index in [1.807, 2.05) is 32.7 Å². The maximum atomic E-state index is 11.4. The summed E-state index contributed by atoms with van der Waals surface area (Å²) >= 11 is 0. The first kappa shape index (κ1) is 15.3. The van der Waals surface area contributed by atoms with Crippen LogP contribution in [0, 0.1) is 12.8 Å². The molecule has 0 unspecified atom stereocenters. The van der Waals surface area contributed by atoms with Crippen LogP contribution in [0.2, 0.25) is 0 Å². The smallest absolute Gasteiger partial charge is 0.150 e. The van der Waals surface area contributed by atoms with Crippen LogP contribution < -0.4 is 10.2 Å². The minimum absolute atomic E-state index is 0.250. The van der Waals surface area contributed by atoms with Crippen molar-refractivity contribution in [1.82, 2.24) is 15.1 Å². The van der Waals surface area contributed by atoms with Crippen LogP contribution in [-0.2, 0) is 23.4 Å². The van der Waals surface area contributed by atoms with E-state index in [9.17, 15) is 8.42 Å². The van der Waals surface area contributed by atoms with Gasteiger partial charge in [0.25, 0.3) is 0 Å². The molecule has 2 rings (SSSR count). The molecule has 0 amide bonds. The average molecular weight is 300 g/mol. The van der Waals surface area contributed by atoms with Gasteiger partial charge in [-0.25, -0.2) is 8.42 Å². The van der Waals surface area contributed by atoms with Crippen LogP contribution in [0.4, 0.5) is 5.82 Å². The van der Waals surface area contributed by atoms with E-state index < -0.39 is 9.84 Å². The monoisotopic (exact) mass is 300 g/mol. The Bertz CT molecular complexity index is 577. The fraction of sp³-hybridized carbons (Fsp3) is 0.769. The lowest BCUT2D eigenvalue weighted by atomic mass is 10.1. The Morgan fingerprint density at radius 3 is 2.70 bits per heavy atom. The highest BCUT2D eigenvalue weighted by atomic mass is 32.2. The first-order chi connectivity index (χ1) is 9.30. The number of aromatic nitrogens is 2. The Hall–Kier alpha value is -1.08. The molecule has 0 radical (unpaired) electrons. The maximum Gasteiger partial charge on any atom is 0.150 e. The van der Waals surface area contributed by atoms with Crippen molar-refractivity contribution < 1.29 is 8.42 Å². The molecule has 114 valence electrons. The molecule has 0 saturated carbocycles. The van der Waals surface area contributed by atoms with E-state index in [-0.39, 0.29) is 5.92 Å². The minimum Gasteiger partial charge on any atom is -0.363 e. The van der Waals surface area contributed by atoms with Gasteiger partial charge in [-0.1, -0.05) is 0 Å². The molecule has 1 fully saturated rings. The summed E-state index contributed by atoms with van der Waals surface area (Å²) < 4.78 is 24.7. The molecule has 1 aliphatic rings. The van der Waals surface area contributed by atoms with Crippen LogP contribution in [0.1, 0.15) is 17.7 Å². The lowest BCUT2D eigenvalue weighted by molar-refractivity contribution is 0.520. The summed E-state index contributed by atoms with van der Waals surface area (Å²) in [6.45, 7) is 3.48. The molecule has 1 aromatic heterocycles. The number of hydrogen-bond acceptors (Lipinski definition) is 5. The van der Waals surface area contributed by atoms with Gasteiger partial charge in [0, 0.05) is 33.3 Å². The minimum atomic E-state index is -2.78. The van der Waals surface area contributed by atoms with Gasteiger partial charge in [0.1, 0.15) is 5.82 Å². The molecule has 2 heterocycles. The van der Waals surface area contributed by atoms with E-state index in [1.165, 1.54) is 5.56 Å². The van der Waals surface area contributed by atoms with Crippen LogP contribution in [-0.4, -0.2) is 50.3 Å². The summed E-state index contributed by atoms with van der Waals surface area (Å²) in [7, 11) is 3.17.